The molecule has 152 valence electrons. The van der Waals surface area contributed by atoms with Crippen LogP contribution in [0.3, 0.4) is 0 Å². The average molecular weight is 437 g/mol. The second kappa shape index (κ2) is 12.3. The van der Waals surface area contributed by atoms with Crippen molar-refractivity contribution in [3.05, 3.63) is 28.8 Å². The van der Waals surface area contributed by atoms with E-state index in [1.807, 2.05) is 0 Å². The number of hydrazone groups is 1. The molecular formula is C17H26ClN2O5PS. The molecule has 0 aliphatic carbocycles. The van der Waals surface area contributed by atoms with E-state index in [4.69, 9.17) is 25.4 Å². The molecule has 1 unspecified atom stereocenters. The van der Waals surface area contributed by atoms with Crippen molar-refractivity contribution in [2.24, 2.45) is 5.10 Å². The Hall–Kier alpha value is -1.21. The number of amides is 1. The molecule has 0 aromatic heterocycles. The number of nitrogens with one attached hydrogen (secondary N) is 1. The summed E-state index contributed by atoms with van der Waals surface area (Å²) < 4.78 is 28.6. The van der Waals surface area contributed by atoms with Gasteiger partial charge in [0.2, 0.25) is 0 Å². The van der Waals surface area contributed by atoms with Crippen LogP contribution in [0.15, 0.2) is 23.3 Å². The summed E-state index contributed by atoms with van der Waals surface area (Å²) in [6.45, 7) is 4.43. The Labute approximate surface area is 169 Å². The lowest BCUT2D eigenvalue weighted by Crippen LogP contribution is -2.20. The Morgan fingerprint density at radius 2 is 2.04 bits per heavy atom. The molecule has 7 nitrogen and oxygen atoms in total. The Morgan fingerprint density at radius 1 is 1.30 bits per heavy atom. The maximum absolute atomic E-state index is 12.8. The lowest BCUT2D eigenvalue weighted by molar-refractivity contribution is 0.152. The zero-order chi connectivity index (χ0) is 20.3. The normalized spacial score (nSPS) is 13.7. The smallest absolute Gasteiger partial charge is 0.440 e. The average Bonchev–Trinajstić information content (AvgIpc) is 2.62. The van der Waals surface area contributed by atoms with Crippen LogP contribution in [0.25, 0.3) is 0 Å². The van der Waals surface area contributed by atoms with Crippen molar-refractivity contribution in [3.63, 3.8) is 0 Å². The molecule has 0 saturated heterocycles. The SMILES string of the molecule is CCCCSP(=O)(OCC)Oc1ccc(C(C)=NNC(=O)OCC)cc1Cl. The van der Waals surface area contributed by atoms with Crippen molar-refractivity contribution < 1.29 is 23.1 Å². The van der Waals surface area contributed by atoms with E-state index < -0.39 is 12.9 Å². The first-order valence-electron chi connectivity index (χ1n) is 8.70. The maximum atomic E-state index is 12.8. The van der Waals surface area contributed by atoms with E-state index in [0.29, 0.717) is 17.0 Å². The number of nitrogens with zero attached hydrogens (tertiary/aromatic N) is 1. The van der Waals surface area contributed by atoms with Crippen molar-refractivity contribution in [3.8, 4) is 5.75 Å². The quantitative estimate of drug-likeness (QED) is 0.202. The summed E-state index contributed by atoms with van der Waals surface area (Å²) in [7, 11) is 0. The monoisotopic (exact) mass is 436 g/mol. The van der Waals surface area contributed by atoms with Crippen LogP contribution in [-0.4, -0.2) is 30.8 Å². The van der Waals surface area contributed by atoms with Crippen LogP contribution in [0.5, 0.6) is 5.75 Å². The fraction of sp³-hybridized carbons (Fsp3) is 0.529. The molecule has 10 heteroatoms. The molecule has 0 radical (unpaired) electrons. The molecule has 0 heterocycles. The van der Waals surface area contributed by atoms with Gasteiger partial charge < -0.3 is 9.26 Å². The van der Waals surface area contributed by atoms with Crippen molar-refractivity contribution in [1.82, 2.24) is 5.43 Å². The van der Waals surface area contributed by atoms with Crippen LogP contribution in [0.2, 0.25) is 5.02 Å². The van der Waals surface area contributed by atoms with Crippen molar-refractivity contribution in [2.75, 3.05) is 19.0 Å². The number of hydrogen-bond acceptors (Lipinski definition) is 7. The predicted molar refractivity (Wildman–Crippen MR) is 111 cm³/mol. The molecule has 1 aromatic rings. The molecule has 0 fully saturated rings. The second-order valence-electron chi connectivity index (χ2n) is 5.32. The molecule has 1 rings (SSSR count). The van der Waals surface area contributed by atoms with E-state index in [-0.39, 0.29) is 24.0 Å². The lowest BCUT2D eigenvalue weighted by atomic mass is 10.1. The highest BCUT2D eigenvalue weighted by Crippen LogP contribution is 2.60. The highest BCUT2D eigenvalue weighted by atomic mass is 35.5. The van der Waals surface area contributed by atoms with Crippen LogP contribution in [0, 0.1) is 0 Å². The first kappa shape index (κ1) is 23.8. The summed E-state index contributed by atoms with van der Waals surface area (Å²) in [5.41, 5.74) is 3.49. The molecule has 1 aromatic carbocycles. The van der Waals surface area contributed by atoms with Gasteiger partial charge in [0.15, 0.2) is 0 Å². The minimum Gasteiger partial charge on any atom is -0.449 e. The van der Waals surface area contributed by atoms with Crippen molar-refractivity contribution in [2.45, 2.75) is 40.5 Å². The third-order valence-electron chi connectivity index (χ3n) is 3.18. The van der Waals surface area contributed by atoms with E-state index in [9.17, 15) is 9.36 Å². The van der Waals surface area contributed by atoms with Gasteiger partial charge in [-0.25, -0.2) is 14.8 Å². The zero-order valence-corrected chi connectivity index (χ0v) is 18.5. The number of carbonyl (C=O) groups excluding carboxylic acids is 1. The van der Waals surface area contributed by atoms with Crippen LogP contribution < -0.4 is 9.95 Å². The largest absolute Gasteiger partial charge is 0.449 e. The standard InChI is InChI=1S/C17H26ClN2O5PS/c1-5-8-11-27-26(22,24-7-3)25-16-10-9-14(12-15(16)18)13(4)19-20-17(21)23-6-2/h9-10,12H,5-8,11H2,1-4H3,(H,20,21). The molecule has 0 aliphatic rings. The third kappa shape index (κ3) is 8.56. The van der Waals surface area contributed by atoms with E-state index in [1.54, 1.807) is 39.0 Å². The van der Waals surface area contributed by atoms with Crippen LogP contribution in [0.1, 0.15) is 46.1 Å². The molecule has 1 atom stereocenters. The first-order valence-corrected chi connectivity index (χ1v) is 12.2. The first-order chi connectivity index (χ1) is 12.8. The van der Waals surface area contributed by atoms with Crippen LogP contribution in [0.4, 0.5) is 4.79 Å². The lowest BCUT2D eigenvalue weighted by Gasteiger charge is -2.18. The van der Waals surface area contributed by atoms with Crippen LogP contribution in [-0.2, 0) is 13.8 Å². The summed E-state index contributed by atoms with van der Waals surface area (Å²) >= 11 is 7.45. The Balaban J connectivity index is 2.88. The van der Waals surface area contributed by atoms with Gasteiger partial charge in [-0.3, -0.25) is 4.52 Å². The van der Waals surface area contributed by atoms with Gasteiger partial charge in [0.05, 0.1) is 23.9 Å². The van der Waals surface area contributed by atoms with Gasteiger partial charge in [0.1, 0.15) is 5.75 Å². The molecule has 27 heavy (non-hydrogen) atoms. The van der Waals surface area contributed by atoms with E-state index >= 15 is 0 Å². The zero-order valence-electron chi connectivity index (χ0n) is 16.0. The van der Waals surface area contributed by atoms with E-state index in [2.05, 4.69) is 17.5 Å². The Bertz CT molecular complexity index is 702. The summed E-state index contributed by atoms with van der Waals surface area (Å²) in [5.74, 6) is 0.946. The predicted octanol–water partition coefficient (Wildman–Crippen LogP) is 5.87. The van der Waals surface area contributed by atoms with E-state index in [0.717, 1.165) is 12.8 Å². The number of rotatable bonds is 11. The number of halogens is 1. The molecule has 1 N–H and O–H groups in total. The van der Waals surface area contributed by atoms with E-state index in [1.165, 1.54) is 11.4 Å². The van der Waals surface area contributed by atoms with Gasteiger partial charge in [0, 0.05) is 5.75 Å². The molecule has 0 bridgehead atoms. The van der Waals surface area contributed by atoms with Gasteiger partial charge in [-0.1, -0.05) is 24.9 Å². The number of unbranched alkanes of at least 4 members (excludes halogenated alkanes) is 1. The van der Waals surface area contributed by atoms with Gasteiger partial charge in [-0.2, -0.15) is 5.10 Å². The summed E-state index contributed by atoms with van der Waals surface area (Å²) in [4.78, 5) is 11.3. The summed E-state index contributed by atoms with van der Waals surface area (Å²) in [6.07, 6.45) is 1.28. The van der Waals surface area contributed by atoms with Gasteiger partial charge >= 0.3 is 12.9 Å². The topological polar surface area (TPSA) is 86.2 Å². The fourth-order valence-corrected chi connectivity index (χ4v) is 5.65. The van der Waals surface area contributed by atoms with Gasteiger partial charge in [-0.15, -0.1) is 0 Å². The summed E-state index contributed by atoms with van der Waals surface area (Å²) in [5, 5.41) is 4.22. The minimum atomic E-state index is -3.34. The van der Waals surface area contributed by atoms with Gasteiger partial charge in [-0.05, 0) is 62.3 Å². The molecule has 0 aliphatic heterocycles. The van der Waals surface area contributed by atoms with Crippen molar-refractivity contribution in [1.29, 1.82) is 0 Å². The maximum Gasteiger partial charge on any atom is 0.440 e. The number of benzene rings is 1. The Kier molecular flexibility index (Phi) is 10.8. The second-order valence-corrected chi connectivity index (χ2v) is 9.84. The van der Waals surface area contributed by atoms with Crippen molar-refractivity contribution >= 4 is 41.6 Å². The highest BCUT2D eigenvalue weighted by molar-refractivity contribution is 8.55. The highest BCUT2D eigenvalue weighted by Gasteiger charge is 2.27. The molecule has 0 saturated carbocycles. The molecular weight excluding hydrogens is 411 g/mol. The van der Waals surface area contributed by atoms with Crippen LogP contribution >= 0.6 is 29.8 Å². The number of carbonyl (C=O) groups is 1. The van der Waals surface area contributed by atoms with Gasteiger partial charge in [0.25, 0.3) is 0 Å². The molecule has 0 spiro atoms. The minimum absolute atomic E-state index is 0.258. The third-order valence-corrected chi connectivity index (χ3v) is 7.30. The Morgan fingerprint density at radius 3 is 2.63 bits per heavy atom. The summed E-state index contributed by atoms with van der Waals surface area (Å²) in [6, 6.07) is 4.93. The number of ether oxygens (including phenoxy) is 1. The molecule has 1 amide bonds. The fourth-order valence-electron chi connectivity index (χ4n) is 1.85. The number of hydrogen-bond donors (Lipinski definition) is 1.